The minimum absolute atomic E-state index is 0.0434. The number of nitrogens with one attached hydrogen (secondary N) is 2. The van der Waals surface area contributed by atoms with Crippen LogP contribution >= 0.6 is 11.6 Å². The van der Waals surface area contributed by atoms with Gasteiger partial charge in [-0.05, 0) is 57.0 Å². The third-order valence-corrected chi connectivity index (χ3v) is 5.89. The van der Waals surface area contributed by atoms with Gasteiger partial charge in [-0.1, -0.05) is 11.6 Å². The largest absolute Gasteiger partial charge is 0.497 e. The Kier molecular flexibility index (Phi) is 8.39. The number of hydrogen-bond acceptors (Lipinski definition) is 5. The van der Waals surface area contributed by atoms with Gasteiger partial charge in [0.05, 0.1) is 25.5 Å². The number of rotatable bonds is 7. The van der Waals surface area contributed by atoms with E-state index in [1.165, 1.54) is 14.2 Å². The molecule has 1 heterocycles. The molecular weight excluding hydrogens is 458 g/mol. The van der Waals surface area contributed by atoms with Gasteiger partial charge in [-0.2, -0.15) is 0 Å². The van der Waals surface area contributed by atoms with Crippen LogP contribution in [0.2, 0.25) is 5.02 Å². The second-order valence-electron chi connectivity index (χ2n) is 8.48. The summed E-state index contributed by atoms with van der Waals surface area (Å²) in [5.41, 5.74) is 1.20. The molecule has 0 aromatic heterocycles. The molecule has 1 aliphatic rings. The number of piperidine rings is 1. The SMILES string of the molecule is COc1cc(OC)cc(C(=O)N2CCC(C(=O)Nc3cc(Cl)ccc3C(=O)NC(C)C)CC2)c1. The van der Waals surface area contributed by atoms with Gasteiger partial charge in [-0.25, -0.2) is 0 Å². The summed E-state index contributed by atoms with van der Waals surface area (Å²) in [4.78, 5) is 40.2. The lowest BCUT2D eigenvalue weighted by atomic mass is 9.95. The van der Waals surface area contributed by atoms with Crippen LogP contribution in [0.3, 0.4) is 0 Å². The third-order valence-electron chi connectivity index (χ3n) is 5.66. The molecule has 0 saturated carbocycles. The van der Waals surface area contributed by atoms with Crippen molar-refractivity contribution in [2.45, 2.75) is 32.7 Å². The summed E-state index contributed by atoms with van der Waals surface area (Å²) in [5.74, 6) is 0.168. The minimum atomic E-state index is -0.288. The summed E-state index contributed by atoms with van der Waals surface area (Å²) in [6.07, 6.45) is 1.01. The highest BCUT2D eigenvalue weighted by molar-refractivity contribution is 6.31. The van der Waals surface area contributed by atoms with Gasteiger partial charge in [-0.15, -0.1) is 0 Å². The number of amides is 3. The smallest absolute Gasteiger partial charge is 0.254 e. The van der Waals surface area contributed by atoms with E-state index in [1.807, 2.05) is 13.8 Å². The number of methoxy groups -OCH3 is 2. The number of carbonyl (C=O) groups excluding carboxylic acids is 3. The van der Waals surface area contributed by atoms with E-state index in [1.54, 1.807) is 41.3 Å². The van der Waals surface area contributed by atoms with Gasteiger partial charge in [0, 0.05) is 41.7 Å². The molecule has 2 aromatic rings. The second kappa shape index (κ2) is 11.2. The summed E-state index contributed by atoms with van der Waals surface area (Å²) in [6.45, 7) is 4.60. The first-order valence-corrected chi connectivity index (χ1v) is 11.5. The predicted molar refractivity (Wildman–Crippen MR) is 131 cm³/mol. The molecule has 1 fully saturated rings. The summed E-state index contributed by atoms with van der Waals surface area (Å²) >= 11 is 6.11. The molecule has 0 bridgehead atoms. The summed E-state index contributed by atoms with van der Waals surface area (Å²) in [5, 5.41) is 6.11. The first kappa shape index (κ1) is 25.4. The van der Waals surface area contributed by atoms with Gasteiger partial charge in [-0.3, -0.25) is 14.4 Å². The molecule has 0 atom stereocenters. The molecular formula is C25H30ClN3O5. The van der Waals surface area contributed by atoms with Crippen molar-refractivity contribution in [1.29, 1.82) is 0 Å². The van der Waals surface area contributed by atoms with E-state index in [4.69, 9.17) is 21.1 Å². The maximum absolute atomic E-state index is 13.0. The van der Waals surface area contributed by atoms with Crippen molar-refractivity contribution in [2.75, 3.05) is 32.6 Å². The maximum atomic E-state index is 13.0. The Balaban J connectivity index is 1.65. The van der Waals surface area contributed by atoms with Crippen LogP contribution in [0, 0.1) is 5.92 Å². The van der Waals surface area contributed by atoms with Crippen LogP contribution in [0.5, 0.6) is 11.5 Å². The zero-order valence-electron chi connectivity index (χ0n) is 19.8. The third kappa shape index (κ3) is 6.20. The van der Waals surface area contributed by atoms with Crippen LogP contribution in [0.4, 0.5) is 5.69 Å². The molecule has 0 radical (unpaired) electrons. The number of halogens is 1. The summed E-state index contributed by atoms with van der Waals surface area (Å²) < 4.78 is 10.5. The second-order valence-corrected chi connectivity index (χ2v) is 8.91. The fourth-order valence-corrected chi connectivity index (χ4v) is 4.02. The van der Waals surface area contributed by atoms with Crippen LogP contribution in [-0.4, -0.2) is 56.0 Å². The molecule has 0 unspecified atom stereocenters. The van der Waals surface area contributed by atoms with E-state index in [2.05, 4.69) is 10.6 Å². The highest BCUT2D eigenvalue weighted by Gasteiger charge is 2.29. The topological polar surface area (TPSA) is 97.0 Å². The molecule has 34 heavy (non-hydrogen) atoms. The number of hydrogen-bond donors (Lipinski definition) is 2. The Morgan fingerprint density at radius 2 is 1.62 bits per heavy atom. The van der Waals surface area contributed by atoms with Crippen LogP contribution in [0.25, 0.3) is 0 Å². The van der Waals surface area contributed by atoms with Crippen LogP contribution in [-0.2, 0) is 4.79 Å². The molecule has 3 amide bonds. The molecule has 1 aliphatic heterocycles. The predicted octanol–water partition coefficient (Wildman–Crippen LogP) is 3.99. The highest BCUT2D eigenvalue weighted by atomic mass is 35.5. The van der Waals surface area contributed by atoms with E-state index < -0.39 is 0 Å². The molecule has 1 saturated heterocycles. The molecule has 182 valence electrons. The molecule has 3 rings (SSSR count). The number of ether oxygens (including phenoxy) is 2. The maximum Gasteiger partial charge on any atom is 0.254 e. The average molecular weight is 488 g/mol. The van der Waals surface area contributed by atoms with E-state index in [0.717, 1.165) is 0 Å². The number of benzene rings is 2. The number of nitrogens with zero attached hydrogens (tertiary/aromatic N) is 1. The Morgan fingerprint density at radius 3 is 2.18 bits per heavy atom. The van der Waals surface area contributed by atoms with Gasteiger partial charge in [0.25, 0.3) is 11.8 Å². The lowest BCUT2D eigenvalue weighted by Gasteiger charge is -2.31. The fraction of sp³-hybridized carbons (Fsp3) is 0.400. The minimum Gasteiger partial charge on any atom is -0.497 e. The Morgan fingerprint density at radius 1 is 1.00 bits per heavy atom. The number of carbonyl (C=O) groups is 3. The normalized spacial score (nSPS) is 14.0. The van der Waals surface area contributed by atoms with E-state index in [0.29, 0.717) is 59.3 Å². The fourth-order valence-electron chi connectivity index (χ4n) is 3.85. The van der Waals surface area contributed by atoms with Gasteiger partial charge < -0.3 is 25.0 Å². The average Bonchev–Trinajstić information content (AvgIpc) is 2.82. The van der Waals surface area contributed by atoms with Crippen molar-refractivity contribution in [2.24, 2.45) is 5.92 Å². The Labute approximate surface area is 204 Å². The standard InChI is InChI=1S/C25H30ClN3O5/c1-15(2)27-24(31)21-6-5-18(26)13-22(21)28-23(30)16-7-9-29(10-8-16)25(32)17-11-19(33-3)14-20(12-17)34-4/h5-6,11-16H,7-10H2,1-4H3,(H,27,31)(H,28,30). The van der Waals surface area contributed by atoms with Gasteiger partial charge in [0.1, 0.15) is 11.5 Å². The van der Waals surface area contributed by atoms with E-state index >= 15 is 0 Å². The number of anilines is 1. The van der Waals surface area contributed by atoms with E-state index in [-0.39, 0.29) is 29.7 Å². The molecule has 9 heteroatoms. The Bertz CT molecular complexity index is 1040. The lowest BCUT2D eigenvalue weighted by Crippen LogP contribution is -2.41. The van der Waals surface area contributed by atoms with Crippen LogP contribution in [0.1, 0.15) is 47.4 Å². The lowest BCUT2D eigenvalue weighted by molar-refractivity contribution is -0.121. The van der Waals surface area contributed by atoms with Crippen molar-refractivity contribution in [3.05, 3.63) is 52.5 Å². The van der Waals surface area contributed by atoms with Gasteiger partial charge in [0.15, 0.2) is 0 Å². The molecule has 8 nitrogen and oxygen atoms in total. The first-order valence-electron chi connectivity index (χ1n) is 11.2. The monoisotopic (exact) mass is 487 g/mol. The van der Waals surface area contributed by atoms with Crippen molar-refractivity contribution in [3.63, 3.8) is 0 Å². The Hall–Kier alpha value is -3.26. The van der Waals surface area contributed by atoms with Crippen molar-refractivity contribution < 1.29 is 23.9 Å². The van der Waals surface area contributed by atoms with Crippen LogP contribution in [0.15, 0.2) is 36.4 Å². The molecule has 0 spiro atoms. The first-order chi connectivity index (χ1) is 16.2. The zero-order chi connectivity index (χ0) is 24.8. The molecule has 0 aliphatic carbocycles. The highest BCUT2D eigenvalue weighted by Crippen LogP contribution is 2.27. The number of likely N-dealkylation sites (tertiary alicyclic amines) is 1. The zero-order valence-corrected chi connectivity index (χ0v) is 20.6. The van der Waals surface area contributed by atoms with Crippen molar-refractivity contribution in [3.8, 4) is 11.5 Å². The summed E-state index contributed by atoms with van der Waals surface area (Å²) in [6, 6.07) is 9.79. The van der Waals surface area contributed by atoms with Crippen LogP contribution < -0.4 is 20.1 Å². The van der Waals surface area contributed by atoms with Gasteiger partial charge >= 0.3 is 0 Å². The van der Waals surface area contributed by atoms with Gasteiger partial charge in [0.2, 0.25) is 5.91 Å². The molecule has 2 N–H and O–H groups in total. The summed E-state index contributed by atoms with van der Waals surface area (Å²) in [7, 11) is 3.07. The van der Waals surface area contributed by atoms with Crippen molar-refractivity contribution in [1.82, 2.24) is 10.2 Å². The quantitative estimate of drug-likeness (QED) is 0.615. The molecule has 2 aromatic carbocycles. The van der Waals surface area contributed by atoms with Crippen molar-refractivity contribution >= 4 is 35.0 Å². The van der Waals surface area contributed by atoms with E-state index in [9.17, 15) is 14.4 Å².